The van der Waals surface area contributed by atoms with Crippen LogP contribution < -0.4 is 5.32 Å². The number of benzene rings is 2. The maximum Gasteiger partial charge on any atom is 0.337 e. The van der Waals surface area contributed by atoms with E-state index in [0.717, 1.165) is 16.8 Å². The van der Waals surface area contributed by atoms with Crippen molar-refractivity contribution in [2.24, 2.45) is 0 Å². The SMILES string of the molecule is Cc1cccc(C)c1Nc1ncnc(-c2ccccc2Cl)c1[N+](=O)[O-]. The van der Waals surface area contributed by atoms with Crippen molar-refractivity contribution in [1.29, 1.82) is 0 Å². The van der Waals surface area contributed by atoms with Crippen molar-refractivity contribution >= 4 is 28.8 Å². The lowest BCUT2D eigenvalue weighted by atomic mass is 10.1. The largest absolute Gasteiger partial charge is 0.337 e. The molecule has 0 unspecified atom stereocenters. The van der Waals surface area contributed by atoms with Crippen LogP contribution in [-0.2, 0) is 0 Å². The van der Waals surface area contributed by atoms with E-state index in [2.05, 4.69) is 15.3 Å². The third-order valence-corrected chi connectivity index (χ3v) is 4.19. The van der Waals surface area contributed by atoms with Crippen molar-refractivity contribution in [2.45, 2.75) is 13.8 Å². The van der Waals surface area contributed by atoms with E-state index >= 15 is 0 Å². The zero-order chi connectivity index (χ0) is 18.0. The number of para-hydroxylation sites is 1. The average molecular weight is 355 g/mol. The molecule has 0 saturated carbocycles. The van der Waals surface area contributed by atoms with Gasteiger partial charge in [0, 0.05) is 11.3 Å². The molecule has 0 saturated heterocycles. The minimum absolute atomic E-state index is 0.132. The zero-order valence-electron chi connectivity index (χ0n) is 13.7. The molecule has 25 heavy (non-hydrogen) atoms. The molecule has 1 aromatic heterocycles. The summed E-state index contributed by atoms with van der Waals surface area (Å²) in [7, 11) is 0. The molecule has 0 fully saturated rings. The number of hydrogen-bond acceptors (Lipinski definition) is 5. The number of aryl methyl sites for hydroxylation is 2. The van der Waals surface area contributed by atoms with Crippen LogP contribution in [0.3, 0.4) is 0 Å². The number of nitro groups is 1. The average Bonchev–Trinajstić information content (AvgIpc) is 2.58. The predicted octanol–water partition coefficient (Wildman–Crippen LogP) is 5.07. The van der Waals surface area contributed by atoms with Gasteiger partial charge in [0.15, 0.2) is 5.69 Å². The summed E-state index contributed by atoms with van der Waals surface area (Å²) in [6.45, 7) is 3.86. The Morgan fingerprint density at radius 3 is 2.36 bits per heavy atom. The number of nitrogens with zero attached hydrogens (tertiary/aromatic N) is 3. The molecule has 0 radical (unpaired) electrons. The number of aromatic nitrogens is 2. The highest BCUT2D eigenvalue weighted by Gasteiger charge is 2.25. The Labute approximate surface area is 149 Å². The van der Waals surface area contributed by atoms with E-state index in [0.29, 0.717) is 10.6 Å². The minimum Gasteiger partial charge on any atom is -0.334 e. The summed E-state index contributed by atoms with van der Waals surface area (Å²) < 4.78 is 0. The van der Waals surface area contributed by atoms with Crippen molar-refractivity contribution in [3.05, 3.63) is 75.1 Å². The van der Waals surface area contributed by atoms with Crippen LogP contribution in [0.5, 0.6) is 0 Å². The van der Waals surface area contributed by atoms with Gasteiger partial charge in [-0.3, -0.25) is 10.1 Å². The summed E-state index contributed by atoms with van der Waals surface area (Å²) in [5.74, 6) is 0.132. The van der Waals surface area contributed by atoms with E-state index in [1.165, 1.54) is 6.33 Å². The molecule has 0 aliphatic carbocycles. The lowest BCUT2D eigenvalue weighted by Gasteiger charge is -2.13. The molecule has 1 N–H and O–H groups in total. The molecule has 6 nitrogen and oxygen atoms in total. The van der Waals surface area contributed by atoms with Crippen LogP contribution in [0.25, 0.3) is 11.3 Å². The van der Waals surface area contributed by atoms with Crippen LogP contribution in [0.2, 0.25) is 5.02 Å². The van der Waals surface area contributed by atoms with Crippen LogP contribution in [0.1, 0.15) is 11.1 Å². The molecule has 3 aromatic rings. The maximum absolute atomic E-state index is 11.7. The van der Waals surface area contributed by atoms with Gasteiger partial charge in [0.05, 0.1) is 9.95 Å². The number of halogens is 1. The van der Waals surface area contributed by atoms with Gasteiger partial charge in [0.1, 0.15) is 6.33 Å². The van der Waals surface area contributed by atoms with E-state index in [4.69, 9.17) is 11.6 Å². The van der Waals surface area contributed by atoms with Gasteiger partial charge in [0.25, 0.3) is 0 Å². The van der Waals surface area contributed by atoms with Crippen LogP contribution in [-0.4, -0.2) is 14.9 Å². The highest BCUT2D eigenvalue weighted by molar-refractivity contribution is 6.33. The van der Waals surface area contributed by atoms with Gasteiger partial charge in [-0.05, 0) is 31.0 Å². The summed E-state index contributed by atoms with van der Waals surface area (Å²) in [6, 6.07) is 12.7. The second kappa shape index (κ2) is 6.86. The van der Waals surface area contributed by atoms with Crippen molar-refractivity contribution in [1.82, 2.24) is 9.97 Å². The summed E-state index contributed by atoms with van der Waals surface area (Å²) >= 11 is 6.19. The third-order valence-electron chi connectivity index (χ3n) is 3.86. The molecule has 7 heteroatoms. The standard InChI is InChI=1S/C18H15ClN4O2/c1-11-6-5-7-12(2)15(11)22-18-17(23(24)25)16(20-10-21-18)13-8-3-4-9-14(13)19/h3-10H,1-2H3,(H,20,21,22). The van der Waals surface area contributed by atoms with Gasteiger partial charge >= 0.3 is 5.69 Å². The minimum atomic E-state index is -0.491. The number of rotatable bonds is 4. The van der Waals surface area contributed by atoms with E-state index in [1.54, 1.807) is 24.3 Å². The Balaban J connectivity index is 2.17. The van der Waals surface area contributed by atoms with E-state index in [1.807, 2.05) is 32.0 Å². The van der Waals surface area contributed by atoms with Crippen LogP contribution in [0.4, 0.5) is 17.2 Å². The first kappa shape index (κ1) is 16.9. The fourth-order valence-electron chi connectivity index (χ4n) is 2.62. The number of hydrogen-bond donors (Lipinski definition) is 1. The second-order valence-electron chi connectivity index (χ2n) is 5.55. The molecule has 1 heterocycles. The van der Waals surface area contributed by atoms with Gasteiger partial charge in [-0.2, -0.15) is 0 Å². The Kier molecular flexibility index (Phi) is 4.63. The second-order valence-corrected chi connectivity index (χ2v) is 5.96. The molecular formula is C18H15ClN4O2. The molecule has 0 spiro atoms. The zero-order valence-corrected chi connectivity index (χ0v) is 14.4. The van der Waals surface area contributed by atoms with Crippen LogP contribution in [0.15, 0.2) is 48.8 Å². The quantitative estimate of drug-likeness (QED) is 0.522. The first-order valence-corrected chi connectivity index (χ1v) is 7.94. The van der Waals surface area contributed by atoms with E-state index < -0.39 is 4.92 Å². The Morgan fingerprint density at radius 2 is 1.72 bits per heavy atom. The van der Waals surface area contributed by atoms with E-state index in [9.17, 15) is 10.1 Å². The molecule has 3 rings (SSSR count). The molecule has 0 aliphatic heterocycles. The third kappa shape index (κ3) is 3.29. The molecule has 2 aromatic carbocycles. The topological polar surface area (TPSA) is 81.0 Å². The smallest absolute Gasteiger partial charge is 0.334 e. The lowest BCUT2D eigenvalue weighted by Crippen LogP contribution is -2.05. The predicted molar refractivity (Wildman–Crippen MR) is 98.3 cm³/mol. The van der Waals surface area contributed by atoms with Crippen molar-refractivity contribution in [3.63, 3.8) is 0 Å². The van der Waals surface area contributed by atoms with Gasteiger partial charge < -0.3 is 5.32 Å². The number of anilines is 2. The van der Waals surface area contributed by atoms with Gasteiger partial charge in [-0.15, -0.1) is 0 Å². The highest BCUT2D eigenvalue weighted by atomic mass is 35.5. The summed E-state index contributed by atoms with van der Waals surface area (Å²) in [4.78, 5) is 19.4. The Morgan fingerprint density at radius 1 is 1.04 bits per heavy atom. The fourth-order valence-corrected chi connectivity index (χ4v) is 2.85. The van der Waals surface area contributed by atoms with Crippen LogP contribution in [0, 0.1) is 24.0 Å². The Hall–Kier alpha value is -2.99. The van der Waals surface area contributed by atoms with E-state index in [-0.39, 0.29) is 17.2 Å². The fraction of sp³-hybridized carbons (Fsp3) is 0.111. The van der Waals surface area contributed by atoms with Crippen LogP contribution >= 0.6 is 11.6 Å². The monoisotopic (exact) mass is 354 g/mol. The molecule has 0 bridgehead atoms. The molecule has 0 amide bonds. The Bertz CT molecular complexity index is 939. The summed E-state index contributed by atoms with van der Waals surface area (Å²) in [6.07, 6.45) is 1.29. The summed E-state index contributed by atoms with van der Waals surface area (Å²) in [5, 5.41) is 15.2. The van der Waals surface area contributed by atoms with Crippen molar-refractivity contribution in [2.75, 3.05) is 5.32 Å². The first-order chi connectivity index (χ1) is 12.0. The lowest BCUT2D eigenvalue weighted by molar-refractivity contribution is -0.383. The molecule has 0 aliphatic rings. The van der Waals surface area contributed by atoms with Crippen molar-refractivity contribution in [3.8, 4) is 11.3 Å². The first-order valence-electron chi connectivity index (χ1n) is 7.56. The molecule has 126 valence electrons. The maximum atomic E-state index is 11.7. The highest BCUT2D eigenvalue weighted by Crippen LogP contribution is 2.38. The van der Waals surface area contributed by atoms with Gasteiger partial charge in [0.2, 0.25) is 5.82 Å². The summed E-state index contributed by atoms with van der Waals surface area (Å²) in [5.41, 5.74) is 3.18. The van der Waals surface area contributed by atoms with Gasteiger partial charge in [-0.1, -0.05) is 48.0 Å². The molecular weight excluding hydrogens is 340 g/mol. The van der Waals surface area contributed by atoms with Crippen molar-refractivity contribution < 1.29 is 4.92 Å². The number of nitrogens with one attached hydrogen (secondary N) is 1. The van der Waals surface area contributed by atoms with Gasteiger partial charge in [-0.25, -0.2) is 9.97 Å². The normalized spacial score (nSPS) is 10.5. The molecule has 0 atom stereocenters.